The zero-order chi connectivity index (χ0) is 12.4. The van der Waals surface area contributed by atoms with Gasteiger partial charge in [-0.05, 0) is 31.2 Å². The molecular formula is C12H12N2O3. The van der Waals surface area contributed by atoms with Crippen molar-refractivity contribution >= 4 is 5.97 Å². The summed E-state index contributed by atoms with van der Waals surface area (Å²) in [5.74, 6) is -0.692. The lowest BCUT2D eigenvalue weighted by Crippen LogP contribution is -2.03. The first-order chi connectivity index (χ1) is 8.08. The number of phenols is 1. The van der Waals surface area contributed by atoms with Gasteiger partial charge in [0.15, 0.2) is 0 Å². The average Bonchev–Trinajstić information content (AvgIpc) is 2.61. The van der Waals surface area contributed by atoms with Crippen molar-refractivity contribution in [2.45, 2.75) is 13.3 Å². The zero-order valence-corrected chi connectivity index (χ0v) is 9.29. The molecule has 0 unspecified atom stereocenters. The fourth-order valence-corrected chi connectivity index (χ4v) is 1.63. The van der Waals surface area contributed by atoms with E-state index in [1.165, 1.54) is 0 Å². The molecule has 0 radical (unpaired) electrons. The number of phenolic OH excluding ortho intramolecular Hbond substituents is 1. The van der Waals surface area contributed by atoms with E-state index in [0.717, 1.165) is 11.4 Å². The van der Waals surface area contributed by atoms with Crippen LogP contribution in [0.4, 0.5) is 0 Å². The number of aromatic hydroxyl groups is 1. The number of carbonyl (C=O) groups is 1. The molecule has 0 amide bonds. The monoisotopic (exact) mass is 232 g/mol. The molecule has 0 fully saturated rings. The average molecular weight is 232 g/mol. The van der Waals surface area contributed by atoms with E-state index in [-0.39, 0.29) is 12.2 Å². The van der Waals surface area contributed by atoms with Crippen molar-refractivity contribution in [3.63, 3.8) is 0 Å². The predicted octanol–water partition coefficient (Wildman–Crippen LogP) is 1.51. The van der Waals surface area contributed by atoms with E-state index in [2.05, 4.69) is 5.10 Å². The highest BCUT2D eigenvalue weighted by molar-refractivity contribution is 5.70. The van der Waals surface area contributed by atoms with Crippen LogP contribution in [0.3, 0.4) is 0 Å². The van der Waals surface area contributed by atoms with Crippen molar-refractivity contribution in [2.75, 3.05) is 0 Å². The molecule has 17 heavy (non-hydrogen) atoms. The number of carboxylic acids is 1. The normalized spacial score (nSPS) is 10.4. The lowest BCUT2D eigenvalue weighted by Gasteiger charge is -2.04. The first-order valence-electron chi connectivity index (χ1n) is 5.12. The molecule has 2 N–H and O–H groups in total. The molecule has 5 heteroatoms. The summed E-state index contributed by atoms with van der Waals surface area (Å²) in [6.07, 6.45) is 1.51. The van der Waals surface area contributed by atoms with Crippen molar-refractivity contribution < 1.29 is 15.0 Å². The van der Waals surface area contributed by atoms with Gasteiger partial charge in [-0.1, -0.05) is 0 Å². The molecule has 0 atom stereocenters. The maximum Gasteiger partial charge on any atom is 0.307 e. The van der Waals surface area contributed by atoms with Crippen molar-refractivity contribution in [3.8, 4) is 11.4 Å². The molecule has 88 valence electrons. The van der Waals surface area contributed by atoms with Crippen molar-refractivity contribution in [1.82, 2.24) is 9.78 Å². The summed E-state index contributed by atoms with van der Waals surface area (Å²) in [7, 11) is 0. The lowest BCUT2D eigenvalue weighted by atomic mass is 10.2. The minimum Gasteiger partial charge on any atom is -0.508 e. The molecule has 0 spiro atoms. The summed E-state index contributed by atoms with van der Waals surface area (Å²) in [5.41, 5.74) is 2.26. The summed E-state index contributed by atoms with van der Waals surface area (Å²) >= 11 is 0. The van der Waals surface area contributed by atoms with E-state index in [1.807, 2.05) is 6.92 Å². The largest absolute Gasteiger partial charge is 0.508 e. The molecule has 2 aromatic rings. The molecule has 1 heterocycles. The van der Waals surface area contributed by atoms with Crippen LogP contribution in [-0.2, 0) is 11.2 Å². The second kappa shape index (κ2) is 4.29. The molecule has 5 nitrogen and oxygen atoms in total. The summed E-state index contributed by atoms with van der Waals surface area (Å²) in [4.78, 5) is 10.6. The fraction of sp³-hybridized carbons (Fsp3) is 0.167. The van der Waals surface area contributed by atoms with E-state index in [1.54, 1.807) is 35.1 Å². The van der Waals surface area contributed by atoms with Gasteiger partial charge >= 0.3 is 5.97 Å². The minimum absolute atomic E-state index is 0.0378. The van der Waals surface area contributed by atoms with Crippen molar-refractivity contribution in [3.05, 3.63) is 41.7 Å². The van der Waals surface area contributed by atoms with Crippen LogP contribution in [0.5, 0.6) is 5.75 Å². The molecule has 0 saturated carbocycles. The maximum absolute atomic E-state index is 10.6. The Morgan fingerprint density at radius 3 is 2.59 bits per heavy atom. The number of benzene rings is 1. The van der Waals surface area contributed by atoms with Gasteiger partial charge in [-0.15, -0.1) is 0 Å². The first-order valence-corrected chi connectivity index (χ1v) is 5.12. The van der Waals surface area contributed by atoms with E-state index in [9.17, 15) is 9.90 Å². The van der Waals surface area contributed by atoms with Crippen LogP contribution in [-0.4, -0.2) is 26.0 Å². The van der Waals surface area contributed by atoms with Crippen LogP contribution < -0.4 is 0 Å². The number of rotatable bonds is 3. The van der Waals surface area contributed by atoms with Gasteiger partial charge in [0.1, 0.15) is 5.75 Å². The Hall–Kier alpha value is -2.30. The third-order valence-electron chi connectivity index (χ3n) is 2.55. The highest BCUT2D eigenvalue weighted by Crippen LogP contribution is 2.17. The number of carboxylic acid groups (broad SMARTS) is 1. The standard InChI is InChI=1S/C12H12N2O3/c1-8-9(6-12(16)17)7-13-14(8)10-2-4-11(15)5-3-10/h2-5,7,15H,6H2,1H3,(H,16,17). The van der Waals surface area contributed by atoms with E-state index in [0.29, 0.717) is 5.56 Å². The van der Waals surface area contributed by atoms with Gasteiger partial charge in [-0.25, -0.2) is 4.68 Å². The van der Waals surface area contributed by atoms with Gasteiger partial charge < -0.3 is 10.2 Å². The van der Waals surface area contributed by atoms with E-state index < -0.39 is 5.97 Å². The van der Waals surface area contributed by atoms with Gasteiger partial charge in [-0.3, -0.25) is 4.79 Å². The molecule has 1 aromatic heterocycles. The third-order valence-corrected chi connectivity index (χ3v) is 2.55. The quantitative estimate of drug-likeness (QED) is 0.841. The van der Waals surface area contributed by atoms with Crippen LogP contribution >= 0.6 is 0 Å². The summed E-state index contributed by atoms with van der Waals surface area (Å²) < 4.78 is 1.65. The molecule has 1 aromatic carbocycles. The number of hydrogen-bond donors (Lipinski definition) is 2. The van der Waals surface area contributed by atoms with Crippen LogP contribution in [0, 0.1) is 6.92 Å². The van der Waals surface area contributed by atoms with Crippen LogP contribution in [0.1, 0.15) is 11.3 Å². The Balaban J connectivity index is 2.37. The second-order valence-corrected chi connectivity index (χ2v) is 3.75. The SMILES string of the molecule is Cc1c(CC(=O)O)cnn1-c1ccc(O)cc1. The van der Waals surface area contributed by atoms with Gasteiger partial charge in [0.25, 0.3) is 0 Å². The van der Waals surface area contributed by atoms with E-state index in [4.69, 9.17) is 5.11 Å². The summed E-state index contributed by atoms with van der Waals surface area (Å²) in [6.45, 7) is 1.82. The van der Waals surface area contributed by atoms with Gasteiger partial charge in [0.2, 0.25) is 0 Å². The Kier molecular flexibility index (Phi) is 2.82. The molecule has 2 rings (SSSR count). The number of aliphatic carboxylic acids is 1. The molecule has 0 saturated heterocycles. The van der Waals surface area contributed by atoms with Crippen LogP contribution in [0.15, 0.2) is 30.5 Å². The molecule has 0 aliphatic rings. The van der Waals surface area contributed by atoms with Gasteiger partial charge in [-0.2, -0.15) is 5.10 Å². The number of aromatic nitrogens is 2. The fourth-order valence-electron chi connectivity index (χ4n) is 1.63. The summed E-state index contributed by atoms with van der Waals surface area (Å²) in [5, 5.41) is 22.1. The predicted molar refractivity (Wildman–Crippen MR) is 61.3 cm³/mol. The molecular weight excluding hydrogens is 220 g/mol. The molecule has 0 aliphatic carbocycles. The smallest absolute Gasteiger partial charge is 0.307 e. The Bertz CT molecular complexity index is 543. The van der Waals surface area contributed by atoms with Gasteiger partial charge in [0, 0.05) is 11.3 Å². The Labute approximate surface area is 97.9 Å². The van der Waals surface area contributed by atoms with Crippen molar-refractivity contribution in [1.29, 1.82) is 0 Å². The Morgan fingerprint density at radius 2 is 2.00 bits per heavy atom. The Morgan fingerprint density at radius 1 is 1.35 bits per heavy atom. The first kappa shape index (κ1) is 11.2. The summed E-state index contributed by atoms with van der Waals surface area (Å²) in [6, 6.07) is 6.57. The van der Waals surface area contributed by atoms with Crippen LogP contribution in [0.25, 0.3) is 5.69 Å². The molecule has 0 aliphatic heterocycles. The molecule has 0 bridgehead atoms. The highest BCUT2D eigenvalue weighted by Gasteiger charge is 2.10. The van der Waals surface area contributed by atoms with E-state index >= 15 is 0 Å². The third kappa shape index (κ3) is 2.28. The topological polar surface area (TPSA) is 75.3 Å². The minimum atomic E-state index is -0.877. The number of hydrogen-bond acceptors (Lipinski definition) is 3. The maximum atomic E-state index is 10.6. The second-order valence-electron chi connectivity index (χ2n) is 3.75. The van der Waals surface area contributed by atoms with Crippen LogP contribution in [0.2, 0.25) is 0 Å². The van der Waals surface area contributed by atoms with Crippen molar-refractivity contribution in [2.24, 2.45) is 0 Å². The highest BCUT2D eigenvalue weighted by atomic mass is 16.4. The zero-order valence-electron chi connectivity index (χ0n) is 9.29. The lowest BCUT2D eigenvalue weighted by molar-refractivity contribution is -0.136. The van der Waals surface area contributed by atoms with Gasteiger partial charge in [0.05, 0.1) is 18.3 Å². The number of nitrogens with zero attached hydrogens (tertiary/aromatic N) is 2.